The molecule has 0 unspecified atom stereocenters. The third kappa shape index (κ3) is 3.26. The molecule has 120 valence electrons. The molecule has 2 aromatic carbocycles. The number of nitrogens with one attached hydrogen (secondary N) is 1. The highest BCUT2D eigenvalue weighted by molar-refractivity contribution is 7.99. The first-order chi connectivity index (χ1) is 11.7. The van der Waals surface area contributed by atoms with E-state index in [9.17, 15) is 4.79 Å². The van der Waals surface area contributed by atoms with Gasteiger partial charge in [-0.15, -0.1) is 0 Å². The molecule has 0 aliphatic heterocycles. The summed E-state index contributed by atoms with van der Waals surface area (Å²) < 4.78 is 2.09. The van der Waals surface area contributed by atoms with Crippen molar-refractivity contribution in [3.8, 4) is 6.07 Å². The normalized spacial score (nSPS) is 10.5. The van der Waals surface area contributed by atoms with Crippen molar-refractivity contribution in [2.45, 2.75) is 18.6 Å². The second-order valence-corrected chi connectivity index (χ2v) is 6.06. The Morgan fingerprint density at radius 2 is 2.00 bits per heavy atom. The molecule has 0 aliphatic rings. The van der Waals surface area contributed by atoms with Gasteiger partial charge in [0.15, 0.2) is 5.16 Å². The standard InChI is InChI=1S/C18H16N4OS/c1-2-22-16-10-6-5-9-15(16)21-18(22)24-12-17(23)20-14-8-4-3-7-13(14)11-19/h3-10H,2,12H2,1H3,(H,20,23). The summed E-state index contributed by atoms with van der Waals surface area (Å²) in [5, 5.41) is 12.7. The highest BCUT2D eigenvalue weighted by Gasteiger charge is 2.12. The maximum absolute atomic E-state index is 12.2. The SMILES string of the molecule is CCn1c(SCC(=O)Nc2ccccc2C#N)nc2ccccc21. The molecule has 0 bridgehead atoms. The molecule has 1 aromatic heterocycles. The van der Waals surface area contributed by atoms with Gasteiger partial charge in [-0.2, -0.15) is 5.26 Å². The molecule has 1 N–H and O–H groups in total. The van der Waals surface area contributed by atoms with E-state index in [4.69, 9.17) is 5.26 Å². The van der Waals surface area contributed by atoms with Crippen LogP contribution in [0.15, 0.2) is 53.7 Å². The lowest BCUT2D eigenvalue weighted by atomic mass is 10.2. The fourth-order valence-corrected chi connectivity index (χ4v) is 3.35. The summed E-state index contributed by atoms with van der Waals surface area (Å²) >= 11 is 1.40. The fraction of sp³-hybridized carbons (Fsp3) is 0.167. The molecule has 5 nitrogen and oxygen atoms in total. The Hall–Kier alpha value is -2.78. The lowest BCUT2D eigenvalue weighted by Gasteiger charge is -2.07. The molecule has 6 heteroatoms. The summed E-state index contributed by atoms with van der Waals surface area (Å²) in [6.07, 6.45) is 0. The lowest BCUT2D eigenvalue weighted by Crippen LogP contribution is -2.15. The molecule has 0 fully saturated rings. The summed E-state index contributed by atoms with van der Waals surface area (Å²) in [7, 11) is 0. The molecule has 0 saturated heterocycles. The third-order valence-corrected chi connectivity index (χ3v) is 4.57. The van der Waals surface area contributed by atoms with E-state index in [0.29, 0.717) is 11.3 Å². The van der Waals surface area contributed by atoms with Gasteiger partial charge in [-0.1, -0.05) is 36.0 Å². The maximum Gasteiger partial charge on any atom is 0.234 e. The van der Waals surface area contributed by atoms with Crippen molar-refractivity contribution >= 4 is 34.4 Å². The monoisotopic (exact) mass is 336 g/mol. The van der Waals surface area contributed by atoms with Crippen molar-refractivity contribution in [2.24, 2.45) is 0 Å². The van der Waals surface area contributed by atoms with E-state index in [1.807, 2.05) is 24.3 Å². The van der Waals surface area contributed by atoms with Gasteiger partial charge in [0, 0.05) is 6.54 Å². The van der Waals surface area contributed by atoms with Crippen LogP contribution in [0.2, 0.25) is 0 Å². The van der Waals surface area contributed by atoms with Crippen LogP contribution in [0.5, 0.6) is 0 Å². The van der Waals surface area contributed by atoms with Crippen LogP contribution in [-0.2, 0) is 11.3 Å². The van der Waals surface area contributed by atoms with E-state index in [1.54, 1.807) is 24.3 Å². The van der Waals surface area contributed by atoms with Crippen LogP contribution in [0.25, 0.3) is 11.0 Å². The number of rotatable bonds is 5. The highest BCUT2D eigenvalue weighted by atomic mass is 32.2. The molecule has 0 saturated carbocycles. The lowest BCUT2D eigenvalue weighted by molar-refractivity contribution is -0.113. The molecule has 0 spiro atoms. The zero-order valence-corrected chi connectivity index (χ0v) is 14.0. The van der Waals surface area contributed by atoms with Crippen LogP contribution in [-0.4, -0.2) is 21.2 Å². The van der Waals surface area contributed by atoms with Crippen molar-refractivity contribution in [3.63, 3.8) is 0 Å². The van der Waals surface area contributed by atoms with E-state index in [1.165, 1.54) is 11.8 Å². The minimum Gasteiger partial charge on any atom is -0.324 e. The number of thioether (sulfide) groups is 1. The number of amides is 1. The Morgan fingerprint density at radius 1 is 1.25 bits per heavy atom. The Bertz CT molecular complexity index is 926. The van der Waals surface area contributed by atoms with Crippen molar-refractivity contribution in [1.82, 2.24) is 9.55 Å². The highest BCUT2D eigenvalue weighted by Crippen LogP contribution is 2.24. The number of imidazole rings is 1. The van der Waals surface area contributed by atoms with Gasteiger partial charge in [0.05, 0.1) is 28.0 Å². The van der Waals surface area contributed by atoms with E-state index >= 15 is 0 Å². The Balaban J connectivity index is 1.72. The second-order valence-electron chi connectivity index (χ2n) is 5.12. The Morgan fingerprint density at radius 3 is 2.79 bits per heavy atom. The predicted molar refractivity (Wildman–Crippen MR) is 95.9 cm³/mol. The maximum atomic E-state index is 12.2. The van der Waals surface area contributed by atoms with Gasteiger partial charge in [0.1, 0.15) is 6.07 Å². The molecule has 0 atom stereocenters. The average Bonchev–Trinajstić information content (AvgIpc) is 2.98. The molecular weight excluding hydrogens is 320 g/mol. The summed E-state index contributed by atoms with van der Waals surface area (Å²) in [6, 6.07) is 17.0. The number of aromatic nitrogens is 2. The van der Waals surface area contributed by atoms with E-state index in [2.05, 4.69) is 27.9 Å². The summed E-state index contributed by atoms with van der Waals surface area (Å²) in [6.45, 7) is 2.85. The first-order valence-corrected chi connectivity index (χ1v) is 8.58. The van der Waals surface area contributed by atoms with Gasteiger partial charge in [0.25, 0.3) is 0 Å². The zero-order valence-electron chi connectivity index (χ0n) is 13.2. The van der Waals surface area contributed by atoms with Crippen LogP contribution < -0.4 is 5.32 Å². The van der Waals surface area contributed by atoms with Gasteiger partial charge < -0.3 is 9.88 Å². The van der Waals surface area contributed by atoms with Gasteiger partial charge in [-0.05, 0) is 31.2 Å². The molecular formula is C18H16N4OS. The number of anilines is 1. The third-order valence-electron chi connectivity index (χ3n) is 3.59. The van der Waals surface area contributed by atoms with Crippen LogP contribution in [0.4, 0.5) is 5.69 Å². The van der Waals surface area contributed by atoms with Crippen LogP contribution in [0, 0.1) is 11.3 Å². The summed E-state index contributed by atoms with van der Waals surface area (Å²) in [4.78, 5) is 16.8. The number of hydrogen-bond donors (Lipinski definition) is 1. The molecule has 24 heavy (non-hydrogen) atoms. The van der Waals surface area contributed by atoms with E-state index in [0.717, 1.165) is 22.7 Å². The topological polar surface area (TPSA) is 70.7 Å². The quantitative estimate of drug-likeness (QED) is 0.722. The number of nitriles is 1. The first kappa shape index (κ1) is 16.1. The molecule has 1 heterocycles. The van der Waals surface area contributed by atoms with Crippen molar-refractivity contribution in [3.05, 3.63) is 54.1 Å². The Labute approximate surface area is 144 Å². The first-order valence-electron chi connectivity index (χ1n) is 7.60. The average molecular weight is 336 g/mol. The molecule has 1 amide bonds. The number of nitrogens with zero attached hydrogens (tertiary/aromatic N) is 3. The van der Waals surface area contributed by atoms with Gasteiger partial charge in [-0.3, -0.25) is 4.79 Å². The van der Waals surface area contributed by atoms with Crippen LogP contribution in [0.3, 0.4) is 0 Å². The molecule has 3 rings (SSSR count). The number of para-hydroxylation sites is 3. The molecule has 0 aliphatic carbocycles. The van der Waals surface area contributed by atoms with E-state index in [-0.39, 0.29) is 11.7 Å². The second kappa shape index (κ2) is 7.20. The largest absolute Gasteiger partial charge is 0.324 e. The van der Waals surface area contributed by atoms with Gasteiger partial charge in [-0.25, -0.2) is 4.98 Å². The summed E-state index contributed by atoms with van der Waals surface area (Å²) in [5.74, 6) is 0.0840. The summed E-state index contributed by atoms with van der Waals surface area (Å²) in [5.41, 5.74) is 2.99. The zero-order chi connectivity index (χ0) is 16.9. The molecule has 0 radical (unpaired) electrons. The minimum atomic E-state index is -0.155. The molecule has 3 aromatic rings. The van der Waals surface area contributed by atoms with Crippen molar-refractivity contribution in [2.75, 3.05) is 11.1 Å². The van der Waals surface area contributed by atoms with E-state index < -0.39 is 0 Å². The number of fused-ring (bicyclic) bond motifs is 1. The predicted octanol–water partition coefficient (Wildman–Crippen LogP) is 3.66. The van der Waals surface area contributed by atoms with Crippen molar-refractivity contribution < 1.29 is 4.79 Å². The van der Waals surface area contributed by atoms with Crippen molar-refractivity contribution in [1.29, 1.82) is 5.26 Å². The van der Waals surface area contributed by atoms with Crippen LogP contribution in [0.1, 0.15) is 12.5 Å². The number of hydrogen-bond acceptors (Lipinski definition) is 4. The van der Waals surface area contributed by atoms with Gasteiger partial charge in [0.2, 0.25) is 5.91 Å². The smallest absolute Gasteiger partial charge is 0.234 e. The Kier molecular flexibility index (Phi) is 4.82. The number of aryl methyl sites for hydroxylation is 1. The number of carbonyl (C=O) groups excluding carboxylic acids is 1. The van der Waals surface area contributed by atoms with Gasteiger partial charge >= 0.3 is 0 Å². The minimum absolute atomic E-state index is 0.155. The number of benzene rings is 2. The van der Waals surface area contributed by atoms with Crippen LogP contribution >= 0.6 is 11.8 Å². The number of carbonyl (C=O) groups is 1. The fourth-order valence-electron chi connectivity index (χ4n) is 2.48.